The van der Waals surface area contributed by atoms with Crippen molar-refractivity contribution in [3.8, 4) is 6.07 Å². The molecule has 0 aromatic rings. The fourth-order valence-electron chi connectivity index (χ4n) is 2.16. The number of hydrogen-bond acceptors (Lipinski definition) is 5. The highest BCUT2D eigenvalue weighted by Gasteiger charge is 2.47. The van der Waals surface area contributed by atoms with Crippen molar-refractivity contribution in [2.24, 2.45) is 0 Å². The van der Waals surface area contributed by atoms with E-state index in [4.69, 9.17) is 0 Å². The van der Waals surface area contributed by atoms with Crippen LogP contribution in [0.3, 0.4) is 0 Å². The Labute approximate surface area is 102 Å². The molecule has 1 aliphatic rings. The third-order valence-electron chi connectivity index (χ3n) is 3.11. The van der Waals surface area contributed by atoms with Crippen molar-refractivity contribution in [3.05, 3.63) is 12.2 Å². The van der Waals surface area contributed by atoms with E-state index in [9.17, 15) is 10.1 Å². The number of hydrogen-bond donors (Lipinski definition) is 2. The molecular weight excluding hydrogens is 216 g/mol. The number of nitriles is 1. The Balaban J connectivity index is 3.08. The molecule has 1 aliphatic heterocycles. The summed E-state index contributed by atoms with van der Waals surface area (Å²) in [5.74, 6) is -0.172. The van der Waals surface area contributed by atoms with Gasteiger partial charge in [0.25, 0.3) is 0 Å². The molecule has 0 aliphatic carbocycles. The second-order valence-electron chi connectivity index (χ2n) is 4.35. The lowest BCUT2D eigenvalue weighted by molar-refractivity contribution is -0.123. The van der Waals surface area contributed by atoms with Crippen LogP contribution in [-0.2, 0) is 4.79 Å². The van der Waals surface area contributed by atoms with E-state index in [1.165, 1.54) is 6.08 Å². The molecule has 2 unspecified atom stereocenters. The van der Waals surface area contributed by atoms with Gasteiger partial charge in [-0.1, -0.05) is 6.08 Å². The topological polar surface area (TPSA) is 68.2 Å². The summed E-state index contributed by atoms with van der Waals surface area (Å²) in [7, 11) is 3.53. The monoisotopic (exact) mass is 236 g/mol. The van der Waals surface area contributed by atoms with Crippen molar-refractivity contribution in [2.75, 3.05) is 33.7 Å². The Morgan fingerprint density at radius 2 is 2.24 bits per heavy atom. The molecule has 0 bridgehead atoms. The van der Waals surface area contributed by atoms with Gasteiger partial charge in [0.05, 0.1) is 12.1 Å². The molecule has 2 N–H and O–H groups in total. The third kappa shape index (κ3) is 2.55. The van der Waals surface area contributed by atoms with Crippen LogP contribution in [0.25, 0.3) is 0 Å². The normalized spacial score (nSPS) is 24.5. The standard InChI is InChI=1S/C12H20N4O/c1-4-5-11(17)12(9-13,16(2)3)10-8-14-6-7-15-10/h4-5,10,14-15H,6-8H2,1-3H3. The maximum absolute atomic E-state index is 12.2. The van der Waals surface area contributed by atoms with Gasteiger partial charge in [0.1, 0.15) is 0 Å². The summed E-state index contributed by atoms with van der Waals surface area (Å²) in [6.45, 7) is 4.03. The van der Waals surface area contributed by atoms with Gasteiger partial charge in [0.2, 0.25) is 0 Å². The first kappa shape index (κ1) is 13.8. The number of allylic oxidation sites excluding steroid dienone is 1. The van der Waals surface area contributed by atoms with Gasteiger partial charge in [-0.2, -0.15) is 5.26 Å². The maximum atomic E-state index is 12.2. The summed E-state index contributed by atoms with van der Waals surface area (Å²) in [6.07, 6.45) is 3.15. The molecule has 1 heterocycles. The van der Waals surface area contributed by atoms with Gasteiger partial charge < -0.3 is 10.6 Å². The summed E-state index contributed by atoms with van der Waals surface area (Å²) in [4.78, 5) is 13.9. The van der Waals surface area contributed by atoms with Crippen molar-refractivity contribution in [1.82, 2.24) is 15.5 Å². The minimum Gasteiger partial charge on any atom is -0.314 e. The number of carbonyl (C=O) groups is 1. The highest BCUT2D eigenvalue weighted by molar-refractivity contribution is 6.01. The predicted molar refractivity (Wildman–Crippen MR) is 66.5 cm³/mol. The number of nitrogens with zero attached hydrogens (tertiary/aromatic N) is 2. The molecule has 0 radical (unpaired) electrons. The van der Waals surface area contributed by atoms with Crippen molar-refractivity contribution < 1.29 is 4.79 Å². The lowest BCUT2D eigenvalue weighted by Crippen LogP contribution is -2.68. The maximum Gasteiger partial charge on any atom is 0.191 e. The van der Waals surface area contributed by atoms with Gasteiger partial charge in [-0.25, -0.2) is 0 Å². The highest BCUT2D eigenvalue weighted by atomic mass is 16.1. The van der Waals surface area contributed by atoms with E-state index in [0.29, 0.717) is 6.54 Å². The van der Waals surface area contributed by atoms with Gasteiger partial charge in [-0.3, -0.25) is 9.69 Å². The van der Waals surface area contributed by atoms with Crippen LogP contribution < -0.4 is 10.6 Å². The van der Waals surface area contributed by atoms with E-state index in [1.54, 1.807) is 32.0 Å². The third-order valence-corrected chi connectivity index (χ3v) is 3.11. The molecule has 1 fully saturated rings. The molecule has 2 atom stereocenters. The summed E-state index contributed by atoms with van der Waals surface area (Å²) >= 11 is 0. The molecule has 1 rings (SSSR count). The van der Waals surface area contributed by atoms with Crippen LogP contribution in [0, 0.1) is 11.3 Å². The summed E-state index contributed by atoms with van der Waals surface area (Å²) in [5, 5.41) is 15.9. The second kappa shape index (κ2) is 5.92. The van der Waals surface area contributed by atoms with E-state index in [-0.39, 0.29) is 11.8 Å². The molecule has 0 aromatic heterocycles. The van der Waals surface area contributed by atoms with E-state index >= 15 is 0 Å². The molecule has 5 heteroatoms. The van der Waals surface area contributed by atoms with Crippen LogP contribution in [0.2, 0.25) is 0 Å². The zero-order chi connectivity index (χ0) is 12.9. The average Bonchev–Trinajstić information content (AvgIpc) is 2.32. The first-order chi connectivity index (χ1) is 8.09. The molecule has 1 saturated heterocycles. The van der Waals surface area contributed by atoms with Crippen LogP contribution in [-0.4, -0.2) is 56.0 Å². The smallest absolute Gasteiger partial charge is 0.191 e. The lowest BCUT2D eigenvalue weighted by atomic mass is 9.84. The largest absolute Gasteiger partial charge is 0.314 e. The summed E-state index contributed by atoms with van der Waals surface area (Å²) in [6, 6.07) is 2.00. The van der Waals surface area contributed by atoms with E-state index < -0.39 is 5.54 Å². The fourth-order valence-corrected chi connectivity index (χ4v) is 2.16. The van der Waals surface area contributed by atoms with Gasteiger partial charge in [0, 0.05) is 19.6 Å². The van der Waals surface area contributed by atoms with Gasteiger partial charge in [-0.15, -0.1) is 0 Å². The Hall–Kier alpha value is -1.22. The quantitative estimate of drug-likeness (QED) is 0.645. The zero-order valence-electron chi connectivity index (χ0n) is 10.7. The zero-order valence-corrected chi connectivity index (χ0v) is 10.7. The molecular formula is C12H20N4O. The number of ketones is 1. The minimum atomic E-state index is -1.14. The molecule has 0 spiro atoms. The van der Waals surface area contributed by atoms with Crippen LogP contribution in [0.15, 0.2) is 12.2 Å². The highest BCUT2D eigenvalue weighted by Crippen LogP contribution is 2.20. The Bertz CT molecular complexity index is 339. The number of rotatable bonds is 4. The van der Waals surface area contributed by atoms with Crippen molar-refractivity contribution >= 4 is 5.78 Å². The van der Waals surface area contributed by atoms with Crippen LogP contribution in [0.4, 0.5) is 0 Å². The molecule has 94 valence electrons. The Kier molecular flexibility index (Phi) is 4.82. The first-order valence-electron chi connectivity index (χ1n) is 5.79. The van der Waals surface area contributed by atoms with E-state index in [0.717, 1.165) is 13.1 Å². The van der Waals surface area contributed by atoms with E-state index in [1.807, 2.05) is 0 Å². The SMILES string of the molecule is CC=CC(=O)C(C#N)(C1CNCCN1)N(C)C. The van der Waals surface area contributed by atoms with Gasteiger partial charge >= 0.3 is 0 Å². The lowest BCUT2D eigenvalue weighted by Gasteiger charge is -2.40. The van der Waals surface area contributed by atoms with Crippen LogP contribution in [0.1, 0.15) is 6.92 Å². The summed E-state index contributed by atoms with van der Waals surface area (Å²) in [5.41, 5.74) is -1.14. The van der Waals surface area contributed by atoms with Crippen LogP contribution >= 0.6 is 0 Å². The molecule has 5 nitrogen and oxygen atoms in total. The Morgan fingerprint density at radius 1 is 1.53 bits per heavy atom. The number of nitrogens with one attached hydrogen (secondary N) is 2. The van der Waals surface area contributed by atoms with Crippen molar-refractivity contribution in [2.45, 2.75) is 18.5 Å². The van der Waals surface area contributed by atoms with Crippen molar-refractivity contribution in [1.29, 1.82) is 5.26 Å². The predicted octanol–water partition coefficient (Wildman–Crippen LogP) is -0.483. The summed E-state index contributed by atoms with van der Waals surface area (Å²) < 4.78 is 0. The van der Waals surface area contributed by atoms with Crippen LogP contribution in [0.5, 0.6) is 0 Å². The van der Waals surface area contributed by atoms with Gasteiger partial charge in [-0.05, 0) is 27.1 Å². The van der Waals surface area contributed by atoms with Gasteiger partial charge in [0.15, 0.2) is 11.3 Å². The van der Waals surface area contributed by atoms with Crippen molar-refractivity contribution in [3.63, 3.8) is 0 Å². The van der Waals surface area contributed by atoms with E-state index in [2.05, 4.69) is 16.7 Å². The number of likely N-dealkylation sites (N-methyl/N-ethyl adjacent to an activating group) is 1. The molecule has 0 saturated carbocycles. The fraction of sp³-hybridized carbons (Fsp3) is 0.667. The minimum absolute atomic E-state index is 0.172. The number of piperazine rings is 1. The average molecular weight is 236 g/mol. The molecule has 17 heavy (non-hydrogen) atoms. The second-order valence-corrected chi connectivity index (χ2v) is 4.35. The number of carbonyl (C=O) groups excluding carboxylic acids is 1. The molecule has 0 amide bonds. The molecule has 0 aromatic carbocycles. The first-order valence-corrected chi connectivity index (χ1v) is 5.79. The Morgan fingerprint density at radius 3 is 2.65 bits per heavy atom.